The van der Waals surface area contributed by atoms with Crippen LogP contribution in [0.5, 0.6) is 0 Å². The first-order chi connectivity index (χ1) is 8.10. The fourth-order valence-corrected chi connectivity index (χ4v) is 1.84. The lowest BCUT2D eigenvalue weighted by Crippen LogP contribution is -2.61. The van der Waals surface area contributed by atoms with Crippen LogP contribution in [-0.4, -0.2) is 70.2 Å². The molecule has 0 bridgehead atoms. The Morgan fingerprint density at radius 1 is 1.06 bits per heavy atom. The number of ether oxygens (including phenoxy) is 5. The molecule has 0 aliphatic carbocycles. The lowest BCUT2D eigenvalue weighted by molar-refractivity contribution is -0.296. The number of methoxy groups -OCH3 is 4. The van der Waals surface area contributed by atoms with Crippen molar-refractivity contribution in [2.75, 3.05) is 28.4 Å². The summed E-state index contributed by atoms with van der Waals surface area (Å²) in [5.74, 6) is -0.684. The Morgan fingerprint density at radius 2 is 1.65 bits per heavy atom. The maximum absolute atomic E-state index is 11.4. The number of hydrogen-bond acceptors (Lipinski definition) is 7. The van der Waals surface area contributed by atoms with Crippen LogP contribution in [-0.2, 0) is 28.5 Å². The largest absolute Gasteiger partial charge is 0.467 e. The molecule has 1 aliphatic rings. The van der Waals surface area contributed by atoms with Crippen molar-refractivity contribution in [1.29, 1.82) is 0 Å². The van der Waals surface area contributed by atoms with Crippen LogP contribution < -0.4 is 0 Å². The van der Waals surface area contributed by atoms with E-state index < -0.39 is 36.7 Å². The minimum atomic E-state index is -1.18. The van der Waals surface area contributed by atoms with E-state index >= 15 is 0 Å². The first kappa shape index (κ1) is 14.3. The van der Waals surface area contributed by atoms with Gasteiger partial charge in [0.05, 0.1) is 7.11 Å². The highest BCUT2D eigenvalue weighted by Crippen LogP contribution is 2.26. The number of aliphatic hydroxyl groups is 1. The summed E-state index contributed by atoms with van der Waals surface area (Å²) in [5, 5.41) is 9.96. The number of carbonyl (C=O) groups excluding carboxylic acids is 1. The molecular weight excluding hydrogens is 232 g/mol. The molecule has 0 aromatic heterocycles. The van der Waals surface area contributed by atoms with Crippen molar-refractivity contribution in [2.45, 2.75) is 30.7 Å². The molecule has 0 aromatic carbocycles. The van der Waals surface area contributed by atoms with Gasteiger partial charge in [0.25, 0.3) is 0 Å². The van der Waals surface area contributed by atoms with E-state index in [2.05, 4.69) is 4.74 Å². The summed E-state index contributed by atoms with van der Waals surface area (Å²) in [6, 6.07) is 0. The van der Waals surface area contributed by atoms with Crippen LogP contribution >= 0.6 is 0 Å². The molecule has 7 nitrogen and oxygen atoms in total. The normalized spacial score (nSPS) is 37.8. The fourth-order valence-electron chi connectivity index (χ4n) is 1.84. The van der Waals surface area contributed by atoms with Gasteiger partial charge < -0.3 is 28.8 Å². The van der Waals surface area contributed by atoms with Crippen molar-refractivity contribution in [3.8, 4) is 0 Å². The van der Waals surface area contributed by atoms with E-state index in [1.807, 2.05) is 0 Å². The zero-order valence-corrected chi connectivity index (χ0v) is 10.3. The Hall–Kier alpha value is -0.730. The predicted molar refractivity (Wildman–Crippen MR) is 55.3 cm³/mol. The molecular formula is C10H18O7. The molecule has 1 saturated heterocycles. The highest BCUT2D eigenvalue weighted by molar-refractivity contribution is 5.75. The topological polar surface area (TPSA) is 83.5 Å². The first-order valence-electron chi connectivity index (χ1n) is 5.10. The van der Waals surface area contributed by atoms with Gasteiger partial charge in [-0.05, 0) is 0 Å². The van der Waals surface area contributed by atoms with Crippen molar-refractivity contribution >= 4 is 5.97 Å². The minimum absolute atomic E-state index is 0.624. The Labute approximate surface area is 99.5 Å². The molecule has 17 heavy (non-hydrogen) atoms. The van der Waals surface area contributed by atoms with Gasteiger partial charge in [-0.25, -0.2) is 4.79 Å². The van der Waals surface area contributed by atoms with Crippen LogP contribution in [0.2, 0.25) is 0 Å². The second-order valence-corrected chi connectivity index (χ2v) is 3.58. The Balaban J connectivity index is 2.89. The average Bonchev–Trinajstić information content (AvgIpc) is 2.36. The summed E-state index contributed by atoms with van der Waals surface area (Å²) >= 11 is 0. The molecule has 1 N–H and O–H groups in total. The van der Waals surface area contributed by atoms with E-state index in [-0.39, 0.29) is 0 Å². The SMILES string of the molecule is COC(=O)C1O[C@@H](OC)[C@H](OC)[C@@H](OC)[C@@H]1O. The second kappa shape index (κ2) is 6.27. The molecule has 1 fully saturated rings. The van der Waals surface area contributed by atoms with Crippen LogP contribution in [0, 0.1) is 0 Å². The van der Waals surface area contributed by atoms with Gasteiger partial charge in [-0.2, -0.15) is 0 Å². The summed E-state index contributed by atoms with van der Waals surface area (Å²) in [7, 11) is 5.48. The third kappa shape index (κ3) is 2.75. The molecule has 100 valence electrons. The van der Waals surface area contributed by atoms with Crippen molar-refractivity contribution < 1.29 is 33.6 Å². The minimum Gasteiger partial charge on any atom is -0.467 e. The van der Waals surface area contributed by atoms with Gasteiger partial charge in [-0.15, -0.1) is 0 Å². The van der Waals surface area contributed by atoms with E-state index in [1.54, 1.807) is 0 Å². The van der Waals surface area contributed by atoms with Gasteiger partial charge in [0.15, 0.2) is 12.4 Å². The molecule has 0 saturated carbocycles. The van der Waals surface area contributed by atoms with Gasteiger partial charge >= 0.3 is 5.97 Å². The number of aliphatic hydroxyl groups excluding tert-OH is 1. The number of rotatable bonds is 4. The number of esters is 1. The monoisotopic (exact) mass is 250 g/mol. The van der Waals surface area contributed by atoms with Gasteiger partial charge in [-0.1, -0.05) is 0 Å². The van der Waals surface area contributed by atoms with Crippen LogP contribution in [0.4, 0.5) is 0 Å². The predicted octanol–water partition coefficient (Wildman–Crippen LogP) is -1.08. The second-order valence-electron chi connectivity index (χ2n) is 3.58. The Kier molecular flexibility index (Phi) is 5.29. The van der Waals surface area contributed by atoms with Crippen molar-refractivity contribution in [3.63, 3.8) is 0 Å². The van der Waals surface area contributed by atoms with E-state index in [9.17, 15) is 9.90 Å². The lowest BCUT2D eigenvalue weighted by Gasteiger charge is -2.41. The Morgan fingerprint density at radius 3 is 2.06 bits per heavy atom. The number of hydrogen-bond donors (Lipinski definition) is 1. The quantitative estimate of drug-likeness (QED) is 0.635. The van der Waals surface area contributed by atoms with Gasteiger partial charge in [0.2, 0.25) is 0 Å². The summed E-state index contributed by atoms with van der Waals surface area (Å²) in [6.07, 6.45) is -4.49. The van der Waals surface area contributed by atoms with Crippen LogP contribution in [0.1, 0.15) is 0 Å². The highest BCUT2D eigenvalue weighted by atomic mass is 16.7. The lowest BCUT2D eigenvalue weighted by atomic mass is 9.98. The maximum Gasteiger partial charge on any atom is 0.337 e. The molecule has 1 aliphatic heterocycles. The molecule has 0 amide bonds. The highest BCUT2D eigenvalue weighted by Gasteiger charge is 2.49. The average molecular weight is 250 g/mol. The molecule has 7 heteroatoms. The summed E-state index contributed by atoms with van der Waals surface area (Å²) < 4.78 is 25.1. The van der Waals surface area contributed by atoms with Crippen molar-refractivity contribution in [1.82, 2.24) is 0 Å². The third-order valence-electron chi connectivity index (χ3n) is 2.73. The summed E-state index contributed by atoms with van der Waals surface area (Å²) in [5.41, 5.74) is 0. The van der Waals surface area contributed by atoms with E-state index in [4.69, 9.17) is 18.9 Å². The number of carbonyl (C=O) groups is 1. The standard InChI is InChI=1S/C10H18O7/c1-13-6-5(11)7(9(12)15-3)17-10(16-4)8(6)14-2/h5-8,10-11H,1-4H3/t5-,6-,7?,8+,10+/m0/s1. The van der Waals surface area contributed by atoms with Crippen LogP contribution in [0.15, 0.2) is 0 Å². The van der Waals surface area contributed by atoms with Crippen molar-refractivity contribution in [3.05, 3.63) is 0 Å². The molecule has 1 heterocycles. The van der Waals surface area contributed by atoms with Crippen LogP contribution in [0.25, 0.3) is 0 Å². The molecule has 0 aromatic rings. The van der Waals surface area contributed by atoms with Gasteiger partial charge in [-0.3, -0.25) is 0 Å². The van der Waals surface area contributed by atoms with Gasteiger partial charge in [0.1, 0.15) is 18.3 Å². The zero-order chi connectivity index (χ0) is 13.0. The molecule has 1 rings (SSSR count). The molecule has 0 spiro atoms. The smallest absolute Gasteiger partial charge is 0.337 e. The third-order valence-corrected chi connectivity index (χ3v) is 2.73. The van der Waals surface area contributed by atoms with E-state index in [0.717, 1.165) is 0 Å². The summed E-state index contributed by atoms with van der Waals surface area (Å²) in [6.45, 7) is 0. The summed E-state index contributed by atoms with van der Waals surface area (Å²) in [4.78, 5) is 11.4. The molecule has 5 atom stereocenters. The van der Waals surface area contributed by atoms with E-state index in [0.29, 0.717) is 0 Å². The molecule has 1 unspecified atom stereocenters. The zero-order valence-electron chi connectivity index (χ0n) is 10.3. The Bertz CT molecular complexity index is 257. The van der Waals surface area contributed by atoms with E-state index in [1.165, 1.54) is 28.4 Å². The maximum atomic E-state index is 11.4. The first-order valence-corrected chi connectivity index (χ1v) is 5.10. The van der Waals surface area contributed by atoms with Gasteiger partial charge in [0, 0.05) is 21.3 Å². The van der Waals surface area contributed by atoms with Crippen LogP contribution in [0.3, 0.4) is 0 Å². The molecule has 0 radical (unpaired) electrons. The van der Waals surface area contributed by atoms with Crippen molar-refractivity contribution in [2.24, 2.45) is 0 Å². The fraction of sp³-hybridized carbons (Fsp3) is 0.900.